The van der Waals surface area contributed by atoms with Crippen LogP contribution in [0.15, 0.2) is 72.8 Å². The number of methoxy groups -OCH3 is 4. The molecule has 0 saturated carbocycles. The van der Waals surface area contributed by atoms with Crippen LogP contribution in [0.5, 0.6) is 23.0 Å². The summed E-state index contributed by atoms with van der Waals surface area (Å²) in [6.45, 7) is 1.18. The lowest BCUT2D eigenvalue weighted by Crippen LogP contribution is -2.39. The highest BCUT2D eigenvalue weighted by molar-refractivity contribution is 6.21. The van der Waals surface area contributed by atoms with Crippen LogP contribution in [0.25, 0.3) is 11.6 Å². The summed E-state index contributed by atoms with van der Waals surface area (Å²) in [5.74, 6) is 1.91. The van der Waals surface area contributed by atoms with Crippen LogP contribution < -0.4 is 19.0 Å². The van der Waals surface area contributed by atoms with Gasteiger partial charge in [-0.1, -0.05) is 30.3 Å². The number of esters is 1. The fraction of sp³-hybridized carbons (Fsp3) is 0.300. The molecular weight excluding hydrogens is 502 g/mol. The van der Waals surface area contributed by atoms with Crippen LogP contribution in [0, 0.1) is 0 Å². The Kier molecular flexibility index (Phi) is 11.6. The summed E-state index contributed by atoms with van der Waals surface area (Å²) in [4.78, 5) is 18.5. The lowest BCUT2D eigenvalue weighted by Gasteiger charge is -2.24. The normalized spacial score (nSPS) is 12.1. The van der Waals surface area contributed by atoms with Crippen LogP contribution in [0.3, 0.4) is 0 Å². The highest BCUT2D eigenvalue weighted by atomic mass is 16.7. The van der Waals surface area contributed by atoms with Gasteiger partial charge in [-0.2, -0.15) is 0 Å². The number of nitrogens with zero attached hydrogens (tertiary/aromatic N) is 1. The van der Waals surface area contributed by atoms with Crippen molar-refractivity contribution in [3.8, 4) is 23.0 Å². The van der Waals surface area contributed by atoms with Gasteiger partial charge >= 0.3 is 5.97 Å². The number of rotatable bonds is 15. The van der Waals surface area contributed by atoms with Gasteiger partial charge in [-0.15, -0.1) is 5.06 Å². The van der Waals surface area contributed by atoms with Gasteiger partial charge in [-0.05, 0) is 53.6 Å². The first kappa shape index (κ1) is 29.5. The number of benzene rings is 3. The zero-order valence-corrected chi connectivity index (χ0v) is 22.7. The summed E-state index contributed by atoms with van der Waals surface area (Å²) in [6.07, 6.45) is 0.886. The third-order valence-electron chi connectivity index (χ3n) is 5.63. The van der Waals surface area contributed by atoms with E-state index in [4.69, 9.17) is 28.5 Å². The van der Waals surface area contributed by atoms with Crippen LogP contribution in [0.4, 0.5) is 0 Å². The number of hydroxylamine groups is 2. The average molecular weight is 538 g/mol. The quantitative estimate of drug-likeness (QED) is 0.133. The van der Waals surface area contributed by atoms with E-state index in [9.17, 15) is 9.90 Å². The zero-order valence-electron chi connectivity index (χ0n) is 22.7. The Hall–Kier alpha value is -4.05. The molecule has 0 saturated heterocycles. The molecule has 208 valence electrons. The fourth-order valence-corrected chi connectivity index (χ4v) is 3.66. The van der Waals surface area contributed by atoms with E-state index in [1.165, 1.54) is 7.11 Å². The minimum Gasteiger partial charge on any atom is -0.497 e. The van der Waals surface area contributed by atoms with Crippen molar-refractivity contribution in [2.75, 3.05) is 54.7 Å². The smallest absolute Gasteiger partial charge is 0.338 e. The van der Waals surface area contributed by atoms with Gasteiger partial charge in [-0.3, -0.25) is 0 Å². The largest absolute Gasteiger partial charge is 0.497 e. The van der Waals surface area contributed by atoms with E-state index in [0.29, 0.717) is 52.8 Å². The molecule has 0 aromatic heterocycles. The molecule has 3 rings (SSSR count). The molecule has 9 heteroatoms. The number of ether oxygens (including phenoxy) is 5. The Balaban J connectivity index is 1.67. The fourth-order valence-electron chi connectivity index (χ4n) is 3.66. The first-order valence-corrected chi connectivity index (χ1v) is 12.4. The number of hydrogen-bond acceptors (Lipinski definition) is 9. The Bertz CT molecular complexity index is 1180. The highest BCUT2D eigenvalue weighted by Gasteiger charge is 2.16. The minimum atomic E-state index is -0.821. The zero-order chi connectivity index (χ0) is 28.0. The molecule has 0 radical (unpaired) electrons. The van der Waals surface area contributed by atoms with Crippen LogP contribution >= 0.6 is 0 Å². The van der Waals surface area contributed by atoms with Gasteiger partial charge in [-0.25, -0.2) is 4.79 Å². The second kappa shape index (κ2) is 15.4. The second-order valence-corrected chi connectivity index (χ2v) is 8.47. The van der Waals surface area contributed by atoms with Gasteiger partial charge in [0.2, 0.25) is 0 Å². The Labute approximate surface area is 229 Å². The number of carbonyl (C=O) groups is 1. The van der Waals surface area contributed by atoms with Crippen molar-refractivity contribution >= 4 is 17.6 Å². The Morgan fingerprint density at radius 3 is 2.13 bits per heavy atom. The van der Waals surface area contributed by atoms with Crippen molar-refractivity contribution in [3.63, 3.8) is 0 Å². The summed E-state index contributed by atoms with van der Waals surface area (Å²) >= 11 is 0. The van der Waals surface area contributed by atoms with Gasteiger partial charge in [0.25, 0.3) is 0 Å². The van der Waals surface area contributed by atoms with E-state index in [1.807, 2.05) is 30.3 Å². The number of aliphatic hydroxyl groups excluding tert-OH is 1. The summed E-state index contributed by atoms with van der Waals surface area (Å²) in [5, 5.41) is 12.2. The molecule has 9 nitrogen and oxygen atoms in total. The molecule has 39 heavy (non-hydrogen) atoms. The number of hydrogen-bond donors (Lipinski definition) is 1. The van der Waals surface area contributed by atoms with E-state index in [0.717, 1.165) is 0 Å². The molecular formula is C30H35NO8. The van der Waals surface area contributed by atoms with E-state index in [2.05, 4.69) is 0 Å². The average Bonchev–Trinajstić information content (AvgIpc) is 2.97. The molecule has 0 heterocycles. The molecule has 1 unspecified atom stereocenters. The van der Waals surface area contributed by atoms with Gasteiger partial charge in [0.05, 0.1) is 46.6 Å². The third-order valence-corrected chi connectivity index (χ3v) is 5.63. The molecule has 1 atom stereocenters. The molecule has 0 aliphatic carbocycles. The molecule has 0 bridgehead atoms. The summed E-state index contributed by atoms with van der Waals surface area (Å²) in [6, 6.07) is 21.6. The first-order valence-electron chi connectivity index (χ1n) is 12.4. The molecule has 0 aliphatic rings. The lowest BCUT2D eigenvalue weighted by atomic mass is 10.0. The van der Waals surface area contributed by atoms with E-state index < -0.39 is 12.1 Å². The molecule has 0 amide bonds. The van der Waals surface area contributed by atoms with Crippen molar-refractivity contribution in [2.24, 2.45) is 0 Å². The van der Waals surface area contributed by atoms with Crippen LogP contribution in [-0.2, 0) is 14.3 Å². The van der Waals surface area contributed by atoms with E-state index in [-0.39, 0.29) is 13.2 Å². The number of para-hydroxylation sites is 1. The van der Waals surface area contributed by atoms with Crippen molar-refractivity contribution in [1.82, 2.24) is 5.06 Å². The molecule has 0 fully saturated rings. The maximum atomic E-state index is 12.6. The number of aliphatic hydroxyl groups is 1. The molecule has 0 spiro atoms. The van der Waals surface area contributed by atoms with Crippen LogP contribution in [-0.4, -0.2) is 77.0 Å². The first-order chi connectivity index (χ1) is 18.9. The maximum absolute atomic E-state index is 12.6. The molecule has 3 aromatic rings. The number of carbonyl (C=O) groups excluding carboxylic acids is 1. The highest BCUT2D eigenvalue weighted by Crippen LogP contribution is 2.27. The molecule has 0 aliphatic heterocycles. The van der Waals surface area contributed by atoms with Gasteiger partial charge in [0.1, 0.15) is 35.7 Å². The lowest BCUT2D eigenvalue weighted by molar-refractivity contribution is -0.133. The standard InChI is InChI=1S/C30H35NO8/c1-34-15-14-31(39-26-8-6-5-7-9-26)20-24(32)21-38-25-12-10-23(11-13-25)29(30(33)37-4)18-22-16-27(35-2)19-28(17-22)36-3/h5-13,16-19,24,32H,14-15,20-21H2,1-4H3/b29-18+. The Morgan fingerprint density at radius 2 is 1.54 bits per heavy atom. The second-order valence-electron chi connectivity index (χ2n) is 8.47. The topological polar surface area (TPSA) is 95.9 Å². The van der Waals surface area contributed by atoms with Crippen LogP contribution in [0.1, 0.15) is 11.1 Å². The van der Waals surface area contributed by atoms with Gasteiger partial charge in [0, 0.05) is 13.2 Å². The third kappa shape index (κ3) is 9.33. The van der Waals surface area contributed by atoms with Crippen molar-refractivity contribution in [2.45, 2.75) is 6.10 Å². The maximum Gasteiger partial charge on any atom is 0.338 e. The summed E-state index contributed by atoms with van der Waals surface area (Å²) in [5.41, 5.74) is 1.70. The molecule has 1 N–H and O–H groups in total. The summed E-state index contributed by atoms with van der Waals surface area (Å²) < 4.78 is 26.6. The van der Waals surface area contributed by atoms with Crippen LogP contribution in [0.2, 0.25) is 0 Å². The van der Waals surface area contributed by atoms with Gasteiger partial charge < -0.3 is 33.6 Å². The van der Waals surface area contributed by atoms with Crippen molar-refractivity contribution in [3.05, 3.63) is 83.9 Å². The SMILES string of the molecule is COCCN(CC(O)COc1ccc(/C(=C\c2cc(OC)cc(OC)c2)C(=O)OC)cc1)Oc1ccccc1. The van der Waals surface area contributed by atoms with E-state index in [1.54, 1.807) is 74.9 Å². The summed E-state index contributed by atoms with van der Waals surface area (Å²) in [7, 11) is 6.07. The predicted molar refractivity (Wildman–Crippen MR) is 148 cm³/mol. The molecule has 3 aromatic carbocycles. The van der Waals surface area contributed by atoms with Gasteiger partial charge in [0.15, 0.2) is 0 Å². The van der Waals surface area contributed by atoms with Crippen molar-refractivity contribution < 1.29 is 38.4 Å². The van der Waals surface area contributed by atoms with Crippen molar-refractivity contribution in [1.29, 1.82) is 0 Å². The minimum absolute atomic E-state index is 0.0459. The predicted octanol–water partition coefficient (Wildman–Crippen LogP) is 4.10. The van der Waals surface area contributed by atoms with E-state index >= 15 is 0 Å². The Morgan fingerprint density at radius 1 is 0.872 bits per heavy atom. The monoisotopic (exact) mass is 537 g/mol.